The SMILES string of the molecule is O=C(O)c1c([N+]([O-])=Nc2ccccc2)ccc2ccccc12. The van der Waals surface area contributed by atoms with Gasteiger partial charge >= 0.3 is 5.97 Å². The lowest BCUT2D eigenvalue weighted by Crippen LogP contribution is -2.04. The number of fused-ring (bicyclic) bond motifs is 1. The Kier molecular flexibility index (Phi) is 3.53. The number of benzene rings is 3. The standard InChI is InChI=1S/C17H12N2O3/c20-17(21)16-14-9-5-4-6-12(14)10-11-15(16)19(22)18-13-7-2-1-3-8-13/h1-11H,(H,20,21). The summed E-state index contributed by atoms with van der Waals surface area (Å²) in [6, 6.07) is 18.9. The van der Waals surface area contributed by atoms with Gasteiger partial charge in [0.25, 0.3) is 5.69 Å². The molecule has 0 spiro atoms. The van der Waals surface area contributed by atoms with E-state index in [1.165, 1.54) is 6.07 Å². The molecule has 0 aliphatic heterocycles. The summed E-state index contributed by atoms with van der Waals surface area (Å²) in [5, 5.41) is 26.9. The minimum absolute atomic E-state index is 0.00931. The minimum atomic E-state index is -1.16. The van der Waals surface area contributed by atoms with E-state index >= 15 is 0 Å². The molecule has 0 bridgehead atoms. The first-order valence-electron chi connectivity index (χ1n) is 6.66. The van der Waals surface area contributed by atoms with Crippen molar-refractivity contribution in [3.05, 3.63) is 77.5 Å². The predicted molar refractivity (Wildman–Crippen MR) is 82.7 cm³/mol. The van der Waals surface area contributed by atoms with Crippen LogP contribution >= 0.6 is 0 Å². The van der Waals surface area contributed by atoms with Gasteiger partial charge in [0.15, 0.2) is 0 Å². The first-order chi connectivity index (χ1) is 10.7. The zero-order chi connectivity index (χ0) is 15.5. The Labute approximate surface area is 126 Å². The molecule has 3 aromatic rings. The van der Waals surface area contributed by atoms with Crippen LogP contribution in [0.25, 0.3) is 10.8 Å². The van der Waals surface area contributed by atoms with Gasteiger partial charge in [-0.25, -0.2) is 4.79 Å². The molecule has 0 fully saturated rings. The fourth-order valence-corrected chi connectivity index (χ4v) is 2.30. The smallest absolute Gasteiger partial charge is 0.343 e. The van der Waals surface area contributed by atoms with Gasteiger partial charge in [-0.1, -0.05) is 42.5 Å². The predicted octanol–water partition coefficient (Wildman–Crippen LogP) is 4.46. The van der Waals surface area contributed by atoms with Gasteiger partial charge in [0, 0.05) is 16.6 Å². The number of azo groups is 1. The molecule has 0 aliphatic carbocycles. The molecule has 0 saturated carbocycles. The molecule has 0 heterocycles. The number of hydrogen-bond donors (Lipinski definition) is 1. The highest BCUT2D eigenvalue weighted by atomic mass is 16.5. The maximum atomic E-state index is 12.3. The number of hydrogen-bond acceptors (Lipinski definition) is 3. The first kappa shape index (κ1) is 13.8. The van der Waals surface area contributed by atoms with Gasteiger partial charge in [0.05, 0.1) is 0 Å². The van der Waals surface area contributed by atoms with Gasteiger partial charge < -0.3 is 10.3 Å². The Morgan fingerprint density at radius 3 is 2.36 bits per heavy atom. The molecule has 5 heteroatoms. The fraction of sp³-hybridized carbons (Fsp3) is 0. The zero-order valence-corrected chi connectivity index (χ0v) is 11.5. The van der Waals surface area contributed by atoms with Crippen molar-refractivity contribution in [3.8, 4) is 0 Å². The van der Waals surface area contributed by atoms with E-state index in [2.05, 4.69) is 5.11 Å². The average molecular weight is 292 g/mol. The summed E-state index contributed by atoms with van der Waals surface area (Å²) in [5.41, 5.74) is 0.421. The molecule has 108 valence electrons. The molecule has 0 radical (unpaired) electrons. The summed E-state index contributed by atoms with van der Waals surface area (Å²) in [6.07, 6.45) is 0. The zero-order valence-electron chi connectivity index (χ0n) is 11.5. The van der Waals surface area contributed by atoms with Crippen molar-refractivity contribution < 1.29 is 14.8 Å². The lowest BCUT2D eigenvalue weighted by atomic mass is 10.0. The number of nitrogens with zero attached hydrogens (tertiary/aromatic N) is 2. The second-order valence-electron chi connectivity index (χ2n) is 4.69. The number of aromatic carboxylic acids is 1. The monoisotopic (exact) mass is 292 g/mol. The molecule has 5 nitrogen and oxygen atoms in total. The van der Waals surface area contributed by atoms with Crippen LogP contribution in [0.15, 0.2) is 71.8 Å². The molecule has 22 heavy (non-hydrogen) atoms. The Balaban J connectivity index is 2.20. The lowest BCUT2D eigenvalue weighted by molar-refractivity contribution is -0.435. The van der Waals surface area contributed by atoms with Crippen LogP contribution in [0.1, 0.15) is 10.4 Å². The van der Waals surface area contributed by atoms with Crippen LogP contribution in [0.2, 0.25) is 0 Å². The van der Waals surface area contributed by atoms with Crippen molar-refractivity contribution in [1.29, 1.82) is 0 Å². The molecule has 0 amide bonds. The second kappa shape index (κ2) is 5.65. The maximum absolute atomic E-state index is 12.3. The quantitative estimate of drug-likeness (QED) is 0.440. The Hall–Kier alpha value is -3.21. The number of carboxylic acids is 1. The van der Waals surface area contributed by atoms with Crippen molar-refractivity contribution in [3.63, 3.8) is 0 Å². The molecule has 0 saturated heterocycles. The molecule has 1 N–H and O–H groups in total. The highest BCUT2D eigenvalue weighted by Crippen LogP contribution is 2.29. The van der Waals surface area contributed by atoms with Crippen LogP contribution in [-0.4, -0.2) is 15.9 Å². The van der Waals surface area contributed by atoms with Gasteiger partial charge in [0.1, 0.15) is 11.3 Å². The Morgan fingerprint density at radius 1 is 0.955 bits per heavy atom. The summed E-state index contributed by atoms with van der Waals surface area (Å²) < 4.78 is 0. The first-order valence-corrected chi connectivity index (χ1v) is 6.66. The normalized spacial score (nSPS) is 11.5. The van der Waals surface area contributed by atoms with Gasteiger partial charge in [-0.2, -0.15) is 0 Å². The van der Waals surface area contributed by atoms with Crippen molar-refractivity contribution in [2.24, 2.45) is 5.11 Å². The van der Waals surface area contributed by atoms with E-state index in [1.54, 1.807) is 48.5 Å². The average Bonchev–Trinajstić information content (AvgIpc) is 2.54. The topological polar surface area (TPSA) is 75.7 Å². The van der Waals surface area contributed by atoms with Gasteiger partial charge in [-0.15, -0.1) is 0 Å². The van der Waals surface area contributed by atoms with Crippen molar-refractivity contribution >= 4 is 28.1 Å². The fourth-order valence-electron chi connectivity index (χ4n) is 2.30. The minimum Gasteiger partial charge on any atom is -0.594 e. The van der Waals surface area contributed by atoms with Gasteiger partial charge in [0.2, 0.25) is 0 Å². The van der Waals surface area contributed by atoms with Gasteiger partial charge in [-0.3, -0.25) is 0 Å². The molecule has 0 atom stereocenters. The highest BCUT2D eigenvalue weighted by Gasteiger charge is 2.21. The van der Waals surface area contributed by atoms with E-state index in [0.717, 1.165) is 5.39 Å². The summed E-state index contributed by atoms with van der Waals surface area (Å²) in [5.74, 6) is -1.16. The van der Waals surface area contributed by atoms with Crippen LogP contribution in [0.4, 0.5) is 11.4 Å². The Morgan fingerprint density at radius 2 is 1.64 bits per heavy atom. The molecule has 0 aliphatic rings. The maximum Gasteiger partial charge on any atom is 0.343 e. The van der Waals surface area contributed by atoms with E-state index in [4.69, 9.17) is 0 Å². The van der Waals surface area contributed by atoms with Crippen molar-refractivity contribution in [2.45, 2.75) is 0 Å². The summed E-state index contributed by atoms with van der Waals surface area (Å²) in [4.78, 5) is 11.9. The summed E-state index contributed by atoms with van der Waals surface area (Å²) in [7, 11) is 0. The van der Waals surface area contributed by atoms with Gasteiger partial charge in [-0.05, 0) is 28.4 Å². The van der Waals surface area contributed by atoms with Crippen LogP contribution in [-0.2, 0) is 0 Å². The third kappa shape index (κ3) is 2.52. The summed E-state index contributed by atoms with van der Waals surface area (Å²) >= 11 is 0. The number of carbonyl (C=O) groups is 1. The van der Waals surface area contributed by atoms with E-state index in [0.29, 0.717) is 15.9 Å². The van der Waals surface area contributed by atoms with Crippen molar-refractivity contribution in [1.82, 2.24) is 0 Å². The van der Waals surface area contributed by atoms with E-state index in [1.807, 2.05) is 12.1 Å². The van der Waals surface area contributed by atoms with Crippen molar-refractivity contribution in [2.75, 3.05) is 0 Å². The van der Waals surface area contributed by atoms with E-state index < -0.39 is 5.97 Å². The van der Waals surface area contributed by atoms with E-state index in [9.17, 15) is 15.1 Å². The lowest BCUT2D eigenvalue weighted by Gasteiger charge is -2.07. The Bertz CT molecular complexity index is 873. The van der Waals surface area contributed by atoms with Crippen LogP contribution in [0, 0.1) is 5.21 Å². The molecular weight excluding hydrogens is 280 g/mol. The number of carboxylic acid groups (broad SMARTS) is 1. The molecule has 0 aromatic heterocycles. The molecule has 0 unspecified atom stereocenters. The van der Waals surface area contributed by atoms with Crippen LogP contribution in [0.3, 0.4) is 0 Å². The second-order valence-corrected chi connectivity index (χ2v) is 4.69. The largest absolute Gasteiger partial charge is 0.594 e. The highest BCUT2D eigenvalue weighted by molar-refractivity contribution is 6.07. The third-order valence-corrected chi connectivity index (χ3v) is 3.29. The van der Waals surface area contributed by atoms with Crippen LogP contribution in [0.5, 0.6) is 0 Å². The van der Waals surface area contributed by atoms with Crippen LogP contribution < -0.4 is 0 Å². The number of rotatable bonds is 3. The molecule has 3 aromatic carbocycles. The summed E-state index contributed by atoms with van der Waals surface area (Å²) in [6.45, 7) is 0. The third-order valence-electron chi connectivity index (χ3n) is 3.29. The molecule has 3 rings (SSSR count). The van der Waals surface area contributed by atoms with E-state index in [-0.39, 0.29) is 11.3 Å². The molecular formula is C17H12N2O3.